The number of carbonyl (C=O) groups is 1. The molecule has 1 atom stereocenters. The number of amides is 2. The molecule has 2 aromatic rings. The summed E-state index contributed by atoms with van der Waals surface area (Å²) in [6.07, 6.45) is 4.55. The Labute approximate surface area is 128 Å². The summed E-state index contributed by atoms with van der Waals surface area (Å²) in [5.74, 6) is 1.23. The van der Waals surface area contributed by atoms with E-state index in [4.69, 9.17) is 4.52 Å². The number of urea groups is 1. The van der Waals surface area contributed by atoms with Gasteiger partial charge < -0.3 is 9.42 Å². The van der Waals surface area contributed by atoms with Crippen LogP contribution in [0.2, 0.25) is 0 Å². The summed E-state index contributed by atoms with van der Waals surface area (Å²) in [6, 6.07) is 1.67. The maximum absolute atomic E-state index is 12.5. The molecule has 3 rings (SSSR count). The summed E-state index contributed by atoms with van der Waals surface area (Å²) < 4.78 is 6.84. The zero-order valence-corrected chi connectivity index (χ0v) is 12.8. The molecule has 1 aliphatic heterocycles. The number of nitrogens with one attached hydrogen (secondary N) is 1. The third-order valence-electron chi connectivity index (χ3n) is 3.73. The van der Waals surface area contributed by atoms with Crippen molar-refractivity contribution in [3.63, 3.8) is 0 Å². The van der Waals surface area contributed by atoms with Gasteiger partial charge in [0.05, 0.1) is 12.2 Å². The Kier molecular flexibility index (Phi) is 4.08. The van der Waals surface area contributed by atoms with Gasteiger partial charge in [-0.25, -0.2) is 4.79 Å². The van der Waals surface area contributed by atoms with Crippen molar-refractivity contribution in [2.75, 3.05) is 11.9 Å². The standard InChI is InChI=1S/C14H20N6O2/c1-3-6-19-9-13(16-18-19)15-14(21)20-7-4-5-12(20)11-8-10(2)22-17-11/h8-9,12H,3-7H2,1-2H3,(H,15,21). The fourth-order valence-corrected chi connectivity index (χ4v) is 2.74. The molecule has 1 saturated heterocycles. The molecule has 1 N–H and O–H groups in total. The molecular weight excluding hydrogens is 284 g/mol. The Morgan fingerprint density at radius 3 is 3.14 bits per heavy atom. The van der Waals surface area contributed by atoms with Gasteiger partial charge in [-0.1, -0.05) is 17.3 Å². The lowest BCUT2D eigenvalue weighted by molar-refractivity contribution is 0.204. The zero-order valence-electron chi connectivity index (χ0n) is 12.8. The van der Waals surface area contributed by atoms with Gasteiger partial charge in [-0.3, -0.25) is 10.00 Å². The molecule has 8 nitrogen and oxygen atoms in total. The first-order valence-corrected chi connectivity index (χ1v) is 7.58. The van der Waals surface area contributed by atoms with Gasteiger partial charge in [-0.15, -0.1) is 5.10 Å². The summed E-state index contributed by atoms with van der Waals surface area (Å²) in [5, 5.41) is 14.8. The van der Waals surface area contributed by atoms with E-state index in [1.807, 2.05) is 13.0 Å². The van der Waals surface area contributed by atoms with Crippen LogP contribution < -0.4 is 5.32 Å². The number of aromatic nitrogens is 4. The molecule has 0 saturated carbocycles. The quantitative estimate of drug-likeness (QED) is 0.936. The first-order chi connectivity index (χ1) is 10.7. The van der Waals surface area contributed by atoms with E-state index in [0.717, 1.165) is 37.3 Å². The lowest BCUT2D eigenvalue weighted by Gasteiger charge is -2.22. The van der Waals surface area contributed by atoms with Crippen molar-refractivity contribution in [3.05, 3.63) is 23.7 Å². The molecule has 8 heteroatoms. The average molecular weight is 304 g/mol. The summed E-state index contributed by atoms with van der Waals surface area (Å²) in [4.78, 5) is 14.2. The van der Waals surface area contributed by atoms with E-state index in [-0.39, 0.29) is 12.1 Å². The number of anilines is 1. The largest absolute Gasteiger partial charge is 0.361 e. The van der Waals surface area contributed by atoms with Crippen LogP contribution in [0.25, 0.3) is 0 Å². The summed E-state index contributed by atoms with van der Waals surface area (Å²) in [5.41, 5.74) is 0.805. The van der Waals surface area contributed by atoms with Gasteiger partial charge in [-0.05, 0) is 26.2 Å². The maximum Gasteiger partial charge on any atom is 0.323 e. The van der Waals surface area contributed by atoms with Crippen molar-refractivity contribution < 1.29 is 9.32 Å². The summed E-state index contributed by atoms with van der Waals surface area (Å²) >= 11 is 0. The van der Waals surface area contributed by atoms with Crippen LogP contribution in [-0.4, -0.2) is 37.6 Å². The topological polar surface area (TPSA) is 89.1 Å². The van der Waals surface area contributed by atoms with Crippen molar-refractivity contribution in [2.45, 2.75) is 45.7 Å². The van der Waals surface area contributed by atoms with Gasteiger partial charge in [0.15, 0.2) is 5.82 Å². The van der Waals surface area contributed by atoms with Crippen molar-refractivity contribution in [3.8, 4) is 0 Å². The highest BCUT2D eigenvalue weighted by Crippen LogP contribution is 2.31. The van der Waals surface area contributed by atoms with Crippen molar-refractivity contribution in [2.24, 2.45) is 0 Å². The number of hydrogen-bond donors (Lipinski definition) is 1. The number of aryl methyl sites for hydroxylation is 2. The van der Waals surface area contributed by atoms with E-state index >= 15 is 0 Å². The first kappa shape index (κ1) is 14.6. The Hall–Kier alpha value is -2.38. The van der Waals surface area contributed by atoms with E-state index in [9.17, 15) is 4.79 Å². The number of carbonyl (C=O) groups excluding carboxylic acids is 1. The Morgan fingerprint density at radius 2 is 2.41 bits per heavy atom. The highest BCUT2D eigenvalue weighted by Gasteiger charge is 2.32. The van der Waals surface area contributed by atoms with E-state index in [0.29, 0.717) is 12.4 Å². The predicted molar refractivity (Wildman–Crippen MR) is 79.3 cm³/mol. The molecule has 1 aliphatic rings. The second kappa shape index (κ2) is 6.17. The molecule has 0 spiro atoms. The van der Waals surface area contributed by atoms with Crippen LogP contribution in [0.4, 0.5) is 10.6 Å². The fraction of sp³-hybridized carbons (Fsp3) is 0.571. The van der Waals surface area contributed by atoms with E-state index in [1.54, 1.807) is 15.8 Å². The smallest absolute Gasteiger partial charge is 0.323 e. The third-order valence-corrected chi connectivity index (χ3v) is 3.73. The van der Waals surface area contributed by atoms with E-state index in [2.05, 4.69) is 27.7 Å². The predicted octanol–water partition coefficient (Wildman–Crippen LogP) is 2.35. The van der Waals surface area contributed by atoms with Gasteiger partial charge in [-0.2, -0.15) is 0 Å². The molecule has 2 aromatic heterocycles. The number of likely N-dealkylation sites (tertiary alicyclic amines) is 1. The minimum absolute atomic E-state index is 0.0388. The molecule has 0 radical (unpaired) electrons. The second-order valence-corrected chi connectivity index (χ2v) is 5.51. The molecule has 3 heterocycles. The monoisotopic (exact) mass is 304 g/mol. The van der Waals surface area contributed by atoms with Crippen LogP contribution >= 0.6 is 0 Å². The van der Waals surface area contributed by atoms with Gasteiger partial charge in [0, 0.05) is 19.2 Å². The van der Waals surface area contributed by atoms with E-state index in [1.165, 1.54) is 0 Å². The van der Waals surface area contributed by atoms with Crippen molar-refractivity contribution in [1.82, 2.24) is 25.1 Å². The number of hydrogen-bond acceptors (Lipinski definition) is 5. The SMILES string of the molecule is CCCn1cc(NC(=O)N2CCCC2c2cc(C)on2)nn1. The normalized spacial score (nSPS) is 17.9. The average Bonchev–Trinajstić information content (AvgIpc) is 3.19. The van der Waals surface area contributed by atoms with Crippen LogP contribution in [0.15, 0.2) is 16.8 Å². The maximum atomic E-state index is 12.5. The van der Waals surface area contributed by atoms with Gasteiger partial charge in [0.1, 0.15) is 11.5 Å². The Morgan fingerprint density at radius 1 is 1.55 bits per heavy atom. The lowest BCUT2D eigenvalue weighted by Crippen LogP contribution is -2.34. The zero-order chi connectivity index (χ0) is 15.5. The minimum atomic E-state index is -0.174. The van der Waals surface area contributed by atoms with Crippen molar-refractivity contribution >= 4 is 11.8 Å². The first-order valence-electron chi connectivity index (χ1n) is 7.58. The molecule has 22 heavy (non-hydrogen) atoms. The Bertz CT molecular complexity index is 649. The van der Waals surface area contributed by atoms with E-state index < -0.39 is 0 Å². The number of rotatable bonds is 4. The molecular formula is C14H20N6O2. The van der Waals surface area contributed by atoms with Gasteiger partial charge >= 0.3 is 6.03 Å². The van der Waals surface area contributed by atoms with Gasteiger partial charge in [0.2, 0.25) is 0 Å². The fourth-order valence-electron chi connectivity index (χ4n) is 2.74. The molecule has 2 amide bonds. The van der Waals surface area contributed by atoms with Crippen molar-refractivity contribution in [1.29, 1.82) is 0 Å². The third kappa shape index (κ3) is 2.95. The molecule has 1 unspecified atom stereocenters. The molecule has 118 valence electrons. The summed E-state index contributed by atoms with van der Waals surface area (Å²) in [7, 11) is 0. The Balaban J connectivity index is 1.67. The molecule has 0 bridgehead atoms. The highest BCUT2D eigenvalue weighted by atomic mass is 16.5. The summed E-state index contributed by atoms with van der Waals surface area (Å²) in [6.45, 7) is 5.40. The highest BCUT2D eigenvalue weighted by molar-refractivity contribution is 5.88. The molecule has 1 fully saturated rings. The molecule has 0 aromatic carbocycles. The van der Waals surface area contributed by atoms with Gasteiger partial charge in [0.25, 0.3) is 0 Å². The minimum Gasteiger partial charge on any atom is -0.361 e. The van der Waals surface area contributed by atoms with Crippen LogP contribution in [0.5, 0.6) is 0 Å². The van der Waals surface area contributed by atoms with Crippen LogP contribution in [0, 0.1) is 6.92 Å². The van der Waals surface area contributed by atoms with Crippen LogP contribution in [-0.2, 0) is 6.54 Å². The number of nitrogens with zero attached hydrogens (tertiary/aromatic N) is 5. The van der Waals surface area contributed by atoms with Crippen LogP contribution in [0.3, 0.4) is 0 Å². The lowest BCUT2D eigenvalue weighted by atomic mass is 10.1. The second-order valence-electron chi connectivity index (χ2n) is 5.51. The molecule has 0 aliphatic carbocycles. The van der Waals surface area contributed by atoms with Crippen LogP contribution in [0.1, 0.15) is 43.7 Å².